The lowest BCUT2D eigenvalue weighted by Crippen LogP contribution is -2.39. The third-order valence-corrected chi connectivity index (χ3v) is 4.92. The van der Waals surface area contributed by atoms with E-state index < -0.39 is 10.0 Å². The number of sulfonamides is 1. The van der Waals surface area contributed by atoms with Crippen molar-refractivity contribution in [2.75, 3.05) is 51.3 Å². The van der Waals surface area contributed by atoms with Gasteiger partial charge in [-0.15, -0.1) is 0 Å². The zero-order chi connectivity index (χ0) is 15.1. The van der Waals surface area contributed by atoms with Gasteiger partial charge in [0.15, 0.2) is 0 Å². The third-order valence-electron chi connectivity index (χ3n) is 3.36. The number of anilines is 1. The molecule has 2 N–H and O–H groups in total. The van der Waals surface area contributed by atoms with Gasteiger partial charge in [0.2, 0.25) is 10.0 Å². The molecule has 0 atom stereocenters. The fourth-order valence-electron chi connectivity index (χ4n) is 2.21. The van der Waals surface area contributed by atoms with Crippen LogP contribution in [-0.2, 0) is 14.8 Å². The molecule has 6 nitrogen and oxygen atoms in total. The Morgan fingerprint density at radius 2 is 1.86 bits per heavy atom. The summed E-state index contributed by atoms with van der Waals surface area (Å²) in [6.07, 6.45) is 0. The van der Waals surface area contributed by atoms with Crippen LogP contribution in [-0.4, -0.2) is 59.3 Å². The van der Waals surface area contributed by atoms with Crippen molar-refractivity contribution in [1.29, 1.82) is 0 Å². The van der Waals surface area contributed by atoms with Crippen LogP contribution in [0.2, 0.25) is 0 Å². The molecule has 2 rings (SSSR count). The highest BCUT2D eigenvalue weighted by Gasteiger charge is 2.12. The van der Waals surface area contributed by atoms with Gasteiger partial charge in [0.25, 0.3) is 0 Å². The maximum atomic E-state index is 11.8. The van der Waals surface area contributed by atoms with Crippen molar-refractivity contribution in [3.8, 4) is 0 Å². The van der Waals surface area contributed by atoms with Crippen molar-refractivity contribution in [2.45, 2.75) is 11.8 Å². The van der Waals surface area contributed by atoms with Crippen LogP contribution in [0.25, 0.3) is 0 Å². The number of morpholine rings is 1. The topological polar surface area (TPSA) is 70.7 Å². The quantitative estimate of drug-likeness (QED) is 0.776. The van der Waals surface area contributed by atoms with Crippen LogP contribution < -0.4 is 10.0 Å². The zero-order valence-corrected chi connectivity index (χ0v) is 13.2. The lowest BCUT2D eigenvalue weighted by atomic mass is 10.3. The first kappa shape index (κ1) is 16.2. The van der Waals surface area contributed by atoms with E-state index in [1.807, 2.05) is 0 Å². The fourth-order valence-corrected chi connectivity index (χ4v) is 3.25. The van der Waals surface area contributed by atoms with E-state index in [1.54, 1.807) is 31.2 Å². The van der Waals surface area contributed by atoms with Crippen molar-refractivity contribution in [1.82, 2.24) is 9.62 Å². The van der Waals surface area contributed by atoms with Crippen molar-refractivity contribution in [3.05, 3.63) is 24.3 Å². The van der Waals surface area contributed by atoms with E-state index in [4.69, 9.17) is 4.74 Å². The van der Waals surface area contributed by atoms with Crippen LogP contribution >= 0.6 is 0 Å². The second kappa shape index (κ2) is 7.74. The van der Waals surface area contributed by atoms with Crippen molar-refractivity contribution in [2.24, 2.45) is 0 Å². The first-order valence-corrected chi connectivity index (χ1v) is 8.74. The Labute approximate surface area is 126 Å². The molecule has 0 saturated carbocycles. The van der Waals surface area contributed by atoms with E-state index in [9.17, 15) is 8.42 Å². The summed E-state index contributed by atoms with van der Waals surface area (Å²) in [5.41, 5.74) is 0.929. The largest absolute Gasteiger partial charge is 0.384 e. The molecule has 1 saturated heterocycles. The predicted octanol–water partition coefficient (Wildman–Crippen LogP) is 0.729. The number of hydrogen-bond donors (Lipinski definition) is 2. The Morgan fingerprint density at radius 3 is 2.48 bits per heavy atom. The van der Waals surface area contributed by atoms with Gasteiger partial charge in [-0.25, -0.2) is 13.1 Å². The average molecular weight is 313 g/mol. The number of nitrogens with one attached hydrogen (secondary N) is 2. The molecule has 21 heavy (non-hydrogen) atoms. The molecule has 118 valence electrons. The summed E-state index contributed by atoms with van der Waals surface area (Å²) in [6.45, 7) is 7.50. The summed E-state index contributed by atoms with van der Waals surface area (Å²) >= 11 is 0. The van der Waals surface area contributed by atoms with Crippen LogP contribution in [0.15, 0.2) is 29.2 Å². The van der Waals surface area contributed by atoms with E-state index in [1.165, 1.54) is 0 Å². The van der Waals surface area contributed by atoms with Crippen LogP contribution in [0.1, 0.15) is 6.92 Å². The number of ether oxygens (including phenoxy) is 1. The molecule has 1 fully saturated rings. The number of rotatable bonds is 7. The molecule has 0 unspecified atom stereocenters. The van der Waals surface area contributed by atoms with Gasteiger partial charge in [-0.2, -0.15) is 0 Å². The molecule has 0 radical (unpaired) electrons. The standard InChI is InChI=1S/C14H23N3O3S/c1-2-16-21(18,19)14-5-3-13(4-6-14)15-7-8-17-9-11-20-12-10-17/h3-6,15-16H,2,7-12H2,1H3. The highest BCUT2D eigenvalue weighted by Crippen LogP contribution is 2.13. The number of benzene rings is 1. The van der Waals surface area contributed by atoms with E-state index in [-0.39, 0.29) is 0 Å². The molecule has 0 bridgehead atoms. The highest BCUT2D eigenvalue weighted by atomic mass is 32.2. The summed E-state index contributed by atoms with van der Waals surface area (Å²) in [5, 5.41) is 3.30. The Balaban J connectivity index is 1.82. The second-order valence-corrected chi connectivity index (χ2v) is 6.67. The van der Waals surface area contributed by atoms with Gasteiger partial charge in [0, 0.05) is 38.4 Å². The third kappa shape index (κ3) is 4.96. The Hall–Kier alpha value is -1.15. The first-order chi connectivity index (χ1) is 10.1. The monoisotopic (exact) mass is 313 g/mol. The van der Waals surface area contributed by atoms with Crippen molar-refractivity contribution in [3.63, 3.8) is 0 Å². The van der Waals surface area contributed by atoms with Gasteiger partial charge < -0.3 is 10.1 Å². The van der Waals surface area contributed by atoms with E-state index in [0.29, 0.717) is 11.4 Å². The molecule has 1 aromatic carbocycles. The van der Waals surface area contributed by atoms with Crippen LogP contribution in [0.3, 0.4) is 0 Å². The van der Waals surface area contributed by atoms with Gasteiger partial charge in [-0.3, -0.25) is 4.90 Å². The highest BCUT2D eigenvalue weighted by molar-refractivity contribution is 7.89. The lowest BCUT2D eigenvalue weighted by molar-refractivity contribution is 0.0398. The van der Waals surface area contributed by atoms with E-state index in [0.717, 1.165) is 45.1 Å². The Kier molecular flexibility index (Phi) is 5.98. The minimum Gasteiger partial charge on any atom is -0.384 e. The van der Waals surface area contributed by atoms with Crippen LogP contribution in [0.4, 0.5) is 5.69 Å². The summed E-state index contributed by atoms with van der Waals surface area (Å²) in [5.74, 6) is 0. The molecule has 0 aliphatic carbocycles. The fraction of sp³-hybridized carbons (Fsp3) is 0.571. The van der Waals surface area contributed by atoms with Crippen LogP contribution in [0, 0.1) is 0 Å². The molecular formula is C14H23N3O3S. The zero-order valence-electron chi connectivity index (χ0n) is 12.3. The molecule has 1 aliphatic rings. The van der Waals surface area contributed by atoms with E-state index >= 15 is 0 Å². The second-order valence-electron chi connectivity index (χ2n) is 4.91. The maximum Gasteiger partial charge on any atom is 0.240 e. The maximum absolute atomic E-state index is 11.8. The number of nitrogens with zero attached hydrogens (tertiary/aromatic N) is 1. The molecule has 1 heterocycles. The average Bonchev–Trinajstić information content (AvgIpc) is 2.49. The molecule has 1 aliphatic heterocycles. The minimum atomic E-state index is -3.36. The Morgan fingerprint density at radius 1 is 1.19 bits per heavy atom. The van der Waals surface area contributed by atoms with E-state index in [2.05, 4.69) is 14.9 Å². The van der Waals surface area contributed by atoms with Crippen LogP contribution in [0.5, 0.6) is 0 Å². The smallest absolute Gasteiger partial charge is 0.240 e. The normalized spacial score (nSPS) is 16.8. The summed E-state index contributed by atoms with van der Waals surface area (Å²) in [7, 11) is -3.36. The molecule has 0 spiro atoms. The summed E-state index contributed by atoms with van der Waals surface area (Å²) in [6, 6.07) is 6.83. The first-order valence-electron chi connectivity index (χ1n) is 7.25. The van der Waals surface area contributed by atoms with Gasteiger partial charge in [0.1, 0.15) is 0 Å². The summed E-state index contributed by atoms with van der Waals surface area (Å²) < 4.78 is 31.4. The lowest BCUT2D eigenvalue weighted by Gasteiger charge is -2.26. The molecular weight excluding hydrogens is 290 g/mol. The molecule has 1 aromatic rings. The molecule has 0 aromatic heterocycles. The minimum absolute atomic E-state index is 0.295. The Bertz CT molecular complexity index is 525. The van der Waals surface area contributed by atoms with Gasteiger partial charge in [-0.05, 0) is 24.3 Å². The molecule has 0 amide bonds. The molecule has 7 heteroatoms. The SMILES string of the molecule is CCNS(=O)(=O)c1ccc(NCCN2CCOCC2)cc1. The van der Waals surface area contributed by atoms with Crippen molar-refractivity contribution >= 4 is 15.7 Å². The summed E-state index contributed by atoms with van der Waals surface area (Å²) in [4.78, 5) is 2.64. The van der Waals surface area contributed by atoms with Gasteiger partial charge >= 0.3 is 0 Å². The van der Waals surface area contributed by atoms with Gasteiger partial charge in [0.05, 0.1) is 18.1 Å². The number of hydrogen-bond acceptors (Lipinski definition) is 5. The van der Waals surface area contributed by atoms with Crippen molar-refractivity contribution < 1.29 is 13.2 Å². The van der Waals surface area contributed by atoms with Gasteiger partial charge in [-0.1, -0.05) is 6.92 Å². The predicted molar refractivity (Wildman–Crippen MR) is 83.1 cm³/mol.